The molecule has 3 aromatic rings. The highest BCUT2D eigenvalue weighted by molar-refractivity contribution is 7.08. The highest BCUT2D eigenvalue weighted by atomic mass is 32.1. The van der Waals surface area contributed by atoms with Crippen molar-refractivity contribution in [2.24, 2.45) is 10.2 Å². The molecule has 122 valence electrons. The molecule has 0 aliphatic carbocycles. The molecule has 2 aromatic heterocycles. The van der Waals surface area contributed by atoms with Crippen molar-refractivity contribution in [3.63, 3.8) is 0 Å². The lowest BCUT2D eigenvalue weighted by Gasteiger charge is -2.00. The van der Waals surface area contributed by atoms with Crippen molar-refractivity contribution < 1.29 is 9.34 Å². The van der Waals surface area contributed by atoms with E-state index in [1.807, 2.05) is 6.92 Å². The van der Waals surface area contributed by atoms with Gasteiger partial charge < -0.3 is 4.42 Å². The van der Waals surface area contributed by atoms with Gasteiger partial charge in [-0.05, 0) is 38.1 Å². The maximum Gasteiger partial charge on any atom is 0.269 e. The van der Waals surface area contributed by atoms with Crippen molar-refractivity contribution in [3.8, 4) is 5.69 Å². The van der Waals surface area contributed by atoms with Crippen LogP contribution in [0.25, 0.3) is 5.69 Å². The zero-order valence-electron chi connectivity index (χ0n) is 12.9. The predicted molar refractivity (Wildman–Crippen MR) is 89.3 cm³/mol. The SMILES string of the molecule is CC(=NN=c1sc(C)nn1-c1ccc([N+](=O)[O-])cc1)c1ccco1. The lowest BCUT2D eigenvalue weighted by Crippen LogP contribution is -2.14. The van der Waals surface area contributed by atoms with Crippen LogP contribution in [0.2, 0.25) is 0 Å². The van der Waals surface area contributed by atoms with Gasteiger partial charge in [-0.2, -0.15) is 5.10 Å². The first kappa shape index (κ1) is 15.8. The summed E-state index contributed by atoms with van der Waals surface area (Å²) in [7, 11) is 0. The van der Waals surface area contributed by atoms with E-state index in [1.54, 1.807) is 42.1 Å². The summed E-state index contributed by atoms with van der Waals surface area (Å²) in [5, 5.41) is 24.3. The fourth-order valence-corrected chi connectivity index (χ4v) is 2.68. The van der Waals surface area contributed by atoms with Gasteiger partial charge >= 0.3 is 0 Å². The van der Waals surface area contributed by atoms with E-state index >= 15 is 0 Å². The summed E-state index contributed by atoms with van der Waals surface area (Å²) in [6, 6.07) is 9.69. The van der Waals surface area contributed by atoms with Gasteiger partial charge in [0.1, 0.15) is 16.5 Å². The molecule has 0 aliphatic heterocycles. The normalized spacial score (nSPS) is 12.6. The van der Waals surface area contributed by atoms with Gasteiger partial charge in [-0.15, -0.1) is 10.2 Å². The van der Waals surface area contributed by atoms with E-state index in [-0.39, 0.29) is 5.69 Å². The molecular weight excluding hydrogens is 330 g/mol. The molecule has 0 N–H and O–H groups in total. The number of nitro groups is 1. The Balaban J connectivity index is 2.00. The second-order valence-corrected chi connectivity index (χ2v) is 6.01. The number of benzene rings is 1. The van der Waals surface area contributed by atoms with Gasteiger partial charge in [0.2, 0.25) is 4.80 Å². The van der Waals surface area contributed by atoms with Crippen LogP contribution in [0, 0.1) is 17.0 Å². The van der Waals surface area contributed by atoms with Gasteiger partial charge in [0.15, 0.2) is 0 Å². The number of hydrogen-bond donors (Lipinski definition) is 0. The molecule has 0 bridgehead atoms. The number of hydrogen-bond acceptors (Lipinski definition) is 7. The number of furan rings is 1. The third kappa shape index (κ3) is 3.30. The van der Waals surface area contributed by atoms with E-state index in [0.29, 0.717) is 22.0 Å². The van der Waals surface area contributed by atoms with Crippen LogP contribution in [-0.2, 0) is 0 Å². The second kappa shape index (κ2) is 6.59. The summed E-state index contributed by atoms with van der Waals surface area (Å²) in [5.41, 5.74) is 1.34. The first-order chi connectivity index (χ1) is 11.5. The Morgan fingerprint density at radius 2 is 2.08 bits per heavy atom. The smallest absolute Gasteiger partial charge is 0.269 e. The van der Waals surface area contributed by atoms with Crippen LogP contribution < -0.4 is 4.80 Å². The lowest BCUT2D eigenvalue weighted by molar-refractivity contribution is -0.384. The summed E-state index contributed by atoms with van der Waals surface area (Å²) in [5.74, 6) is 0.641. The Bertz CT molecular complexity index is 952. The highest BCUT2D eigenvalue weighted by Gasteiger charge is 2.08. The molecule has 0 atom stereocenters. The average Bonchev–Trinajstić information content (AvgIpc) is 3.22. The Kier molecular flexibility index (Phi) is 4.34. The van der Waals surface area contributed by atoms with Crippen molar-refractivity contribution in [1.29, 1.82) is 0 Å². The molecule has 1 aromatic carbocycles. The zero-order chi connectivity index (χ0) is 17.1. The molecule has 0 amide bonds. The molecule has 0 spiro atoms. The number of non-ortho nitro benzene ring substituents is 1. The standard InChI is InChI=1S/C15H13N5O3S/c1-10(14-4-3-9-23-14)16-17-15-19(18-11(2)24-15)12-5-7-13(8-6-12)20(21)22/h3-9H,1-2H3. The summed E-state index contributed by atoms with van der Waals surface area (Å²) in [6.07, 6.45) is 1.57. The molecule has 0 saturated carbocycles. The third-order valence-corrected chi connectivity index (χ3v) is 3.94. The maximum atomic E-state index is 10.7. The minimum Gasteiger partial charge on any atom is -0.463 e. The number of aryl methyl sites for hydroxylation is 1. The predicted octanol–water partition coefficient (Wildman–Crippen LogP) is 3.07. The van der Waals surface area contributed by atoms with Crippen molar-refractivity contribution >= 4 is 22.7 Å². The van der Waals surface area contributed by atoms with E-state index in [4.69, 9.17) is 4.42 Å². The van der Waals surface area contributed by atoms with E-state index in [1.165, 1.54) is 23.5 Å². The summed E-state index contributed by atoms with van der Waals surface area (Å²) < 4.78 is 6.87. The number of nitrogens with zero attached hydrogens (tertiary/aromatic N) is 5. The van der Waals surface area contributed by atoms with Gasteiger partial charge in [0, 0.05) is 12.1 Å². The van der Waals surface area contributed by atoms with Crippen molar-refractivity contribution in [2.75, 3.05) is 0 Å². The van der Waals surface area contributed by atoms with E-state index < -0.39 is 4.92 Å². The minimum absolute atomic E-state index is 0.0245. The Morgan fingerprint density at radius 1 is 1.33 bits per heavy atom. The van der Waals surface area contributed by atoms with Crippen molar-refractivity contribution in [3.05, 3.63) is 68.3 Å². The highest BCUT2D eigenvalue weighted by Crippen LogP contribution is 2.14. The lowest BCUT2D eigenvalue weighted by atomic mass is 10.3. The molecule has 0 aliphatic rings. The Labute approximate surface area is 140 Å². The summed E-state index contributed by atoms with van der Waals surface area (Å²) in [6.45, 7) is 3.65. The monoisotopic (exact) mass is 343 g/mol. The van der Waals surface area contributed by atoms with Gasteiger partial charge in [-0.25, -0.2) is 4.68 Å². The first-order valence-electron chi connectivity index (χ1n) is 6.98. The van der Waals surface area contributed by atoms with Crippen LogP contribution in [-0.4, -0.2) is 20.4 Å². The van der Waals surface area contributed by atoms with Gasteiger partial charge in [0.25, 0.3) is 5.69 Å². The maximum absolute atomic E-state index is 10.7. The van der Waals surface area contributed by atoms with E-state index in [2.05, 4.69) is 15.3 Å². The van der Waals surface area contributed by atoms with Gasteiger partial charge in [-0.3, -0.25) is 10.1 Å². The third-order valence-electron chi connectivity index (χ3n) is 3.13. The van der Waals surface area contributed by atoms with Crippen LogP contribution in [0.3, 0.4) is 0 Å². The van der Waals surface area contributed by atoms with Gasteiger partial charge in [-0.1, -0.05) is 11.3 Å². The number of nitro benzene ring substituents is 1. The second-order valence-electron chi connectivity index (χ2n) is 4.85. The molecular formula is C15H13N5O3S. The Morgan fingerprint density at radius 3 is 2.71 bits per heavy atom. The quantitative estimate of drug-likeness (QED) is 0.413. The number of aromatic nitrogens is 2. The molecule has 0 saturated heterocycles. The van der Waals surface area contributed by atoms with Crippen LogP contribution >= 0.6 is 11.3 Å². The molecule has 0 fully saturated rings. The van der Waals surface area contributed by atoms with Crippen LogP contribution in [0.1, 0.15) is 17.7 Å². The molecule has 0 unspecified atom stereocenters. The number of rotatable bonds is 4. The fraction of sp³-hybridized carbons (Fsp3) is 0.133. The largest absolute Gasteiger partial charge is 0.463 e. The average molecular weight is 343 g/mol. The van der Waals surface area contributed by atoms with Crippen LogP contribution in [0.15, 0.2) is 57.3 Å². The molecule has 3 rings (SSSR count). The summed E-state index contributed by atoms with van der Waals surface area (Å²) in [4.78, 5) is 10.9. The molecule has 24 heavy (non-hydrogen) atoms. The molecule has 2 heterocycles. The topological polar surface area (TPSA) is 98.8 Å². The van der Waals surface area contributed by atoms with E-state index in [9.17, 15) is 10.1 Å². The fourth-order valence-electron chi connectivity index (χ4n) is 1.98. The zero-order valence-corrected chi connectivity index (χ0v) is 13.7. The van der Waals surface area contributed by atoms with Crippen LogP contribution in [0.5, 0.6) is 0 Å². The molecule has 9 heteroatoms. The minimum atomic E-state index is -0.441. The van der Waals surface area contributed by atoms with Crippen molar-refractivity contribution in [2.45, 2.75) is 13.8 Å². The first-order valence-corrected chi connectivity index (χ1v) is 7.80. The Hall–Kier alpha value is -3.07. The molecule has 8 nitrogen and oxygen atoms in total. The van der Waals surface area contributed by atoms with Gasteiger partial charge in [0.05, 0.1) is 16.9 Å². The van der Waals surface area contributed by atoms with Crippen LogP contribution in [0.4, 0.5) is 5.69 Å². The summed E-state index contributed by atoms with van der Waals surface area (Å²) >= 11 is 1.37. The van der Waals surface area contributed by atoms with Crippen molar-refractivity contribution in [1.82, 2.24) is 9.78 Å². The molecule has 0 radical (unpaired) electrons. The van der Waals surface area contributed by atoms with E-state index in [0.717, 1.165) is 5.01 Å².